The first-order valence-electron chi connectivity index (χ1n) is 9.50. The maximum Gasteiger partial charge on any atom is 0.340 e. The van der Waals surface area contributed by atoms with E-state index in [0.717, 1.165) is 10.8 Å². The number of nitro groups is 1. The van der Waals surface area contributed by atoms with Gasteiger partial charge in [0.05, 0.1) is 28.9 Å². The molecule has 0 unspecified atom stereocenters. The Bertz CT molecular complexity index is 1300. The number of fused-ring (bicyclic) bond motifs is 1. The first kappa shape index (κ1) is 20.0. The minimum Gasteiger partial charge on any atom is -0.465 e. The van der Waals surface area contributed by atoms with Gasteiger partial charge in [0.2, 0.25) is 0 Å². The Hall–Kier alpha value is -4.26. The van der Waals surface area contributed by atoms with Gasteiger partial charge in [0.15, 0.2) is 0 Å². The van der Waals surface area contributed by atoms with Crippen LogP contribution in [0.2, 0.25) is 0 Å². The average molecular weight is 414 g/mol. The quantitative estimate of drug-likeness (QED) is 0.269. The van der Waals surface area contributed by atoms with Crippen molar-refractivity contribution in [2.24, 2.45) is 0 Å². The lowest BCUT2D eigenvalue weighted by Gasteiger charge is -2.20. The van der Waals surface area contributed by atoms with Gasteiger partial charge in [0.25, 0.3) is 11.6 Å². The molecule has 0 aliphatic carbocycles. The highest BCUT2D eigenvalue weighted by Crippen LogP contribution is 2.38. The number of allylic oxidation sites excluding steroid dienone is 1. The molecule has 31 heavy (non-hydrogen) atoms. The van der Waals surface area contributed by atoms with Crippen LogP contribution in [-0.4, -0.2) is 23.9 Å². The molecule has 0 bridgehead atoms. The lowest BCUT2D eigenvalue weighted by atomic mass is 10.0. The summed E-state index contributed by atoms with van der Waals surface area (Å²) in [5.74, 6) is -1.05. The standard InChI is InChI=1S/C24H18N2O5/c1-15-22(24(28)31-2)20(14-16-7-5-10-18(13-16)26(29)30)23(27)25(15)21-12-6-9-17-8-3-4-11-19(17)21/h3-14H,1-2H3. The predicted molar refractivity (Wildman–Crippen MR) is 117 cm³/mol. The van der Waals surface area contributed by atoms with E-state index in [1.807, 2.05) is 42.5 Å². The van der Waals surface area contributed by atoms with Crippen LogP contribution in [0.3, 0.4) is 0 Å². The Morgan fingerprint density at radius 2 is 1.77 bits per heavy atom. The third kappa shape index (κ3) is 3.46. The zero-order valence-corrected chi connectivity index (χ0v) is 16.9. The van der Waals surface area contributed by atoms with Crippen LogP contribution in [0.5, 0.6) is 0 Å². The second kappa shape index (κ2) is 7.87. The van der Waals surface area contributed by atoms with Gasteiger partial charge < -0.3 is 4.74 Å². The molecular formula is C24H18N2O5. The molecule has 4 rings (SSSR count). The van der Waals surface area contributed by atoms with Crippen molar-refractivity contribution in [1.82, 2.24) is 0 Å². The molecule has 1 amide bonds. The van der Waals surface area contributed by atoms with Crippen LogP contribution in [0.25, 0.3) is 16.8 Å². The molecule has 0 atom stereocenters. The van der Waals surface area contributed by atoms with E-state index in [0.29, 0.717) is 16.9 Å². The number of anilines is 1. The zero-order valence-electron chi connectivity index (χ0n) is 16.9. The predicted octanol–water partition coefficient (Wildman–Crippen LogP) is 4.63. The lowest BCUT2D eigenvalue weighted by molar-refractivity contribution is -0.384. The second-order valence-electron chi connectivity index (χ2n) is 7.00. The van der Waals surface area contributed by atoms with Gasteiger partial charge in [-0.2, -0.15) is 0 Å². The van der Waals surface area contributed by atoms with Crippen molar-refractivity contribution in [3.63, 3.8) is 0 Å². The number of ether oxygens (including phenoxy) is 1. The number of hydrogen-bond acceptors (Lipinski definition) is 5. The summed E-state index contributed by atoms with van der Waals surface area (Å²) >= 11 is 0. The van der Waals surface area contributed by atoms with Crippen molar-refractivity contribution < 1.29 is 19.2 Å². The van der Waals surface area contributed by atoms with Crippen molar-refractivity contribution in [2.75, 3.05) is 12.0 Å². The summed E-state index contributed by atoms with van der Waals surface area (Å²) in [6.45, 7) is 1.68. The molecule has 1 aliphatic rings. The summed E-state index contributed by atoms with van der Waals surface area (Å²) in [4.78, 5) is 38.2. The molecule has 0 spiro atoms. The van der Waals surface area contributed by atoms with Gasteiger partial charge in [0.1, 0.15) is 0 Å². The average Bonchev–Trinajstić information content (AvgIpc) is 3.02. The molecule has 1 aliphatic heterocycles. The number of non-ortho nitro benzene ring substituents is 1. The Morgan fingerprint density at radius 1 is 1.06 bits per heavy atom. The Morgan fingerprint density at radius 3 is 2.52 bits per heavy atom. The first-order valence-corrected chi connectivity index (χ1v) is 9.50. The highest BCUT2D eigenvalue weighted by atomic mass is 16.6. The van der Waals surface area contributed by atoms with Crippen LogP contribution >= 0.6 is 0 Å². The number of rotatable bonds is 4. The van der Waals surface area contributed by atoms with Gasteiger partial charge in [0, 0.05) is 23.2 Å². The van der Waals surface area contributed by atoms with E-state index in [2.05, 4.69) is 0 Å². The highest BCUT2D eigenvalue weighted by molar-refractivity contribution is 6.25. The molecule has 3 aromatic carbocycles. The van der Waals surface area contributed by atoms with Gasteiger partial charge in [-0.1, -0.05) is 48.5 Å². The summed E-state index contributed by atoms with van der Waals surface area (Å²) in [6, 6.07) is 19.1. The minimum atomic E-state index is -0.648. The third-order valence-electron chi connectivity index (χ3n) is 5.19. The molecule has 0 fully saturated rings. The second-order valence-corrected chi connectivity index (χ2v) is 7.00. The minimum absolute atomic E-state index is 0.106. The molecule has 3 aromatic rings. The fraction of sp³-hybridized carbons (Fsp3) is 0.0833. The number of nitro benzene ring substituents is 1. The maximum atomic E-state index is 13.5. The molecule has 0 N–H and O–H groups in total. The SMILES string of the molecule is COC(=O)C1=C(C)N(c2cccc3ccccc23)C(=O)C1=Cc1cccc([N+](=O)[O-])c1. The van der Waals surface area contributed by atoms with Gasteiger partial charge in [-0.25, -0.2) is 4.79 Å². The van der Waals surface area contributed by atoms with E-state index >= 15 is 0 Å². The van der Waals surface area contributed by atoms with E-state index in [1.54, 1.807) is 13.0 Å². The number of hydrogen-bond donors (Lipinski definition) is 0. The Labute approximate surface area is 178 Å². The summed E-state index contributed by atoms with van der Waals surface area (Å²) < 4.78 is 4.93. The van der Waals surface area contributed by atoms with E-state index in [1.165, 1.54) is 36.3 Å². The zero-order chi connectivity index (χ0) is 22.1. The van der Waals surface area contributed by atoms with E-state index in [-0.39, 0.29) is 16.8 Å². The van der Waals surface area contributed by atoms with Crippen LogP contribution in [0, 0.1) is 10.1 Å². The number of methoxy groups -OCH3 is 1. The van der Waals surface area contributed by atoms with Crippen molar-refractivity contribution in [2.45, 2.75) is 6.92 Å². The fourth-order valence-electron chi connectivity index (χ4n) is 3.77. The highest BCUT2D eigenvalue weighted by Gasteiger charge is 2.38. The van der Waals surface area contributed by atoms with Gasteiger partial charge in [-0.05, 0) is 30.0 Å². The van der Waals surface area contributed by atoms with Crippen LogP contribution in [-0.2, 0) is 14.3 Å². The lowest BCUT2D eigenvalue weighted by Crippen LogP contribution is -2.24. The maximum absolute atomic E-state index is 13.5. The Kier molecular flexibility index (Phi) is 5.09. The van der Waals surface area contributed by atoms with Crippen LogP contribution in [0.15, 0.2) is 83.6 Å². The van der Waals surface area contributed by atoms with E-state index in [9.17, 15) is 19.7 Å². The monoisotopic (exact) mass is 414 g/mol. The van der Waals surface area contributed by atoms with Crippen molar-refractivity contribution in [1.29, 1.82) is 0 Å². The molecule has 154 valence electrons. The normalized spacial score (nSPS) is 15.1. The summed E-state index contributed by atoms with van der Waals surface area (Å²) in [5, 5.41) is 12.9. The van der Waals surface area contributed by atoms with Gasteiger partial charge in [-0.15, -0.1) is 0 Å². The van der Waals surface area contributed by atoms with Gasteiger partial charge in [-0.3, -0.25) is 19.8 Å². The molecule has 1 heterocycles. The molecule has 7 nitrogen and oxygen atoms in total. The van der Waals surface area contributed by atoms with Crippen LogP contribution < -0.4 is 4.90 Å². The van der Waals surface area contributed by atoms with Crippen molar-refractivity contribution in [3.05, 3.63) is 99.3 Å². The summed E-state index contributed by atoms with van der Waals surface area (Å²) in [6.07, 6.45) is 1.48. The molecule has 0 radical (unpaired) electrons. The van der Waals surface area contributed by atoms with Crippen molar-refractivity contribution >= 4 is 40.1 Å². The summed E-state index contributed by atoms with van der Waals surface area (Å²) in [5.41, 5.74) is 1.66. The Balaban J connectivity index is 1.90. The first-order chi connectivity index (χ1) is 14.9. The van der Waals surface area contributed by atoms with Crippen LogP contribution in [0.4, 0.5) is 11.4 Å². The third-order valence-corrected chi connectivity index (χ3v) is 5.19. The number of benzene rings is 3. The van der Waals surface area contributed by atoms with E-state index in [4.69, 9.17) is 4.74 Å². The number of amides is 1. The number of nitrogens with zero attached hydrogens (tertiary/aromatic N) is 2. The van der Waals surface area contributed by atoms with Crippen molar-refractivity contribution in [3.8, 4) is 0 Å². The molecule has 0 saturated heterocycles. The largest absolute Gasteiger partial charge is 0.465 e. The van der Waals surface area contributed by atoms with Crippen LogP contribution in [0.1, 0.15) is 12.5 Å². The molecular weight excluding hydrogens is 396 g/mol. The molecule has 0 saturated carbocycles. The number of carbonyl (C=O) groups is 2. The number of esters is 1. The fourth-order valence-corrected chi connectivity index (χ4v) is 3.77. The van der Waals surface area contributed by atoms with Gasteiger partial charge >= 0.3 is 5.97 Å². The molecule has 7 heteroatoms. The van der Waals surface area contributed by atoms with E-state index < -0.39 is 16.8 Å². The number of carbonyl (C=O) groups excluding carboxylic acids is 2. The smallest absolute Gasteiger partial charge is 0.340 e. The summed E-state index contributed by atoms with van der Waals surface area (Å²) in [7, 11) is 1.25. The topological polar surface area (TPSA) is 89.8 Å². The molecule has 0 aromatic heterocycles.